The van der Waals surface area contributed by atoms with Crippen LogP contribution < -0.4 is 16.2 Å². The lowest BCUT2D eigenvalue weighted by Gasteiger charge is -2.31. The molecule has 0 bridgehead atoms. The predicted octanol–water partition coefficient (Wildman–Crippen LogP) is 2.39. The predicted molar refractivity (Wildman–Crippen MR) is 107 cm³/mol. The molecule has 0 atom stereocenters. The molecule has 1 aromatic carbocycles. The van der Waals surface area contributed by atoms with Crippen LogP contribution in [0.4, 0.5) is 11.8 Å². The minimum Gasteiger partial charge on any atom is -0.496 e. The number of nitrogens with two attached hydrogens (primary N) is 2. The maximum atomic E-state index is 5.93. The molecular weight excluding hydrogens is 342 g/mol. The lowest BCUT2D eigenvalue weighted by molar-refractivity contribution is 0.222. The molecule has 1 aliphatic heterocycles. The quantitative estimate of drug-likeness (QED) is 0.648. The second-order valence-corrected chi connectivity index (χ2v) is 6.92. The number of hydrogen-bond donors (Lipinski definition) is 3. The van der Waals surface area contributed by atoms with Gasteiger partial charge in [0.05, 0.1) is 12.7 Å². The molecule has 8 heteroatoms. The molecule has 2 aromatic heterocycles. The van der Waals surface area contributed by atoms with E-state index in [9.17, 15) is 0 Å². The van der Waals surface area contributed by atoms with Gasteiger partial charge in [0, 0.05) is 0 Å². The monoisotopic (exact) mass is 367 g/mol. The fourth-order valence-corrected chi connectivity index (χ4v) is 3.80. The van der Waals surface area contributed by atoms with E-state index in [0.717, 1.165) is 30.9 Å². The van der Waals surface area contributed by atoms with Gasteiger partial charge in [0.15, 0.2) is 11.5 Å². The average Bonchev–Trinajstić information content (AvgIpc) is 3.11. The summed E-state index contributed by atoms with van der Waals surface area (Å²) in [7, 11) is 1.68. The highest BCUT2D eigenvalue weighted by molar-refractivity contribution is 5.86. The Hall–Kier alpha value is -2.87. The molecule has 27 heavy (non-hydrogen) atoms. The van der Waals surface area contributed by atoms with Crippen LogP contribution in [0.1, 0.15) is 31.2 Å². The molecule has 142 valence electrons. The zero-order valence-electron chi connectivity index (χ0n) is 15.7. The molecule has 0 amide bonds. The van der Waals surface area contributed by atoms with Crippen LogP contribution in [0.3, 0.4) is 0 Å². The lowest BCUT2D eigenvalue weighted by Crippen LogP contribution is -2.32. The molecule has 1 saturated heterocycles. The van der Waals surface area contributed by atoms with Gasteiger partial charge in [-0.3, -0.25) is 0 Å². The van der Waals surface area contributed by atoms with Gasteiger partial charge in [0.1, 0.15) is 17.1 Å². The molecule has 0 saturated carbocycles. The largest absolute Gasteiger partial charge is 0.496 e. The summed E-state index contributed by atoms with van der Waals surface area (Å²) >= 11 is 0. The fraction of sp³-hybridized carbons (Fsp3) is 0.421. The van der Waals surface area contributed by atoms with Crippen LogP contribution in [0.2, 0.25) is 0 Å². The Kier molecular flexibility index (Phi) is 4.57. The number of nitrogens with zero attached hydrogens (tertiary/aromatic N) is 4. The van der Waals surface area contributed by atoms with Crippen molar-refractivity contribution in [3.05, 3.63) is 23.8 Å². The molecule has 3 heterocycles. The van der Waals surface area contributed by atoms with Gasteiger partial charge < -0.3 is 26.1 Å². The summed E-state index contributed by atoms with van der Waals surface area (Å²) in [5.74, 6) is 2.38. The number of nitrogen functional groups attached to an aromatic ring is 2. The van der Waals surface area contributed by atoms with E-state index in [1.165, 1.54) is 18.4 Å². The number of H-pyrrole nitrogens is 1. The first-order valence-corrected chi connectivity index (χ1v) is 9.28. The van der Waals surface area contributed by atoms with Crippen LogP contribution in [-0.2, 0) is 0 Å². The van der Waals surface area contributed by atoms with Crippen LogP contribution in [0.5, 0.6) is 5.75 Å². The summed E-state index contributed by atoms with van der Waals surface area (Å²) in [5, 5.41) is 0. The number of aromatic nitrogens is 4. The highest BCUT2D eigenvalue weighted by atomic mass is 16.5. The molecule has 0 radical (unpaired) electrons. The van der Waals surface area contributed by atoms with E-state index >= 15 is 0 Å². The Morgan fingerprint density at radius 2 is 1.96 bits per heavy atom. The summed E-state index contributed by atoms with van der Waals surface area (Å²) in [4.78, 5) is 18.3. The Labute approximate surface area is 158 Å². The third-order valence-corrected chi connectivity index (χ3v) is 5.38. The Morgan fingerprint density at radius 1 is 1.19 bits per heavy atom. The summed E-state index contributed by atoms with van der Waals surface area (Å²) in [6.07, 6.45) is 2.35. The van der Waals surface area contributed by atoms with E-state index in [4.69, 9.17) is 16.2 Å². The number of piperidine rings is 1. The molecule has 1 fully saturated rings. The highest BCUT2D eigenvalue weighted by Crippen LogP contribution is 2.35. The Bertz CT molecular complexity index is 960. The van der Waals surface area contributed by atoms with Gasteiger partial charge in [-0.1, -0.05) is 13.0 Å². The lowest BCUT2D eigenvalue weighted by atomic mass is 9.88. The summed E-state index contributed by atoms with van der Waals surface area (Å²) in [5.41, 5.74) is 14.8. The van der Waals surface area contributed by atoms with Crippen molar-refractivity contribution in [1.82, 2.24) is 24.8 Å². The van der Waals surface area contributed by atoms with Crippen molar-refractivity contribution < 1.29 is 4.74 Å². The maximum absolute atomic E-state index is 5.93. The molecule has 0 aliphatic carbocycles. The number of methoxy groups -OCH3 is 1. The number of aromatic amines is 1. The zero-order chi connectivity index (χ0) is 19.0. The number of imidazole rings is 1. The molecule has 1 aliphatic rings. The van der Waals surface area contributed by atoms with Crippen molar-refractivity contribution in [3.8, 4) is 17.1 Å². The maximum Gasteiger partial charge on any atom is 0.224 e. The number of rotatable bonds is 4. The number of anilines is 2. The topological polar surface area (TPSA) is 119 Å². The van der Waals surface area contributed by atoms with Gasteiger partial charge in [-0.25, -0.2) is 4.98 Å². The van der Waals surface area contributed by atoms with Crippen LogP contribution in [-0.4, -0.2) is 51.6 Å². The number of hydrogen-bond acceptors (Lipinski definition) is 7. The normalized spacial score (nSPS) is 16.1. The molecule has 0 spiro atoms. The van der Waals surface area contributed by atoms with E-state index < -0.39 is 0 Å². The molecule has 0 unspecified atom stereocenters. The standard InChI is InChI=1S/C19H25N7O/c1-3-26-8-6-11(7-9-26)12-4-5-13(14(10-12)27-2)17-22-15-16(20)23-19(21)25-18(15)24-17/h4-5,10-11H,3,6-9H2,1-2H3,(H5,20,21,22,23,24,25). The molecular formula is C19H25N7O. The second kappa shape index (κ2) is 7.03. The number of nitrogens with one attached hydrogen (secondary N) is 1. The van der Waals surface area contributed by atoms with E-state index in [2.05, 4.69) is 43.9 Å². The minimum atomic E-state index is 0.110. The van der Waals surface area contributed by atoms with E-state index in [-0.39, 0.29) is 11.8 Å². The van der Waals surface area contributed by atoms with Crippen molar-refractivity contribution in [2.24, 2.45) is 0 Å². The van der Waals surface area contributed by atoms with Gasteiger partial charge >= 0.3 is 0 Å². The van der Waals surface area contributed by atoms with Crippen molar-refractivity contribution >= 4 is 22.9 Å². The third kappa shape index (κ3) is 3.28. The summed E-state index contributed by atoms with van der Waals surface area (Å²) in [6, 6.07) is 6.34. The van der Waals surface area contributed by atoms with Crippen LogP contribution in [0.25, 0.3) is 22.6 Å². The molecule has 8 nitrogen and oxygen atoms in total. The molecule has 3 aromatic rings. The van der Waals surface area contributed by atoms with Gasteiger partial charge in [0.2, 0.25) is 5.95 Å². The van der Waals surface area contributed by atoms with Crippen LogP contribution in [0, 0.1) is 0 Å². The van der Waals surface area contributed by atoms with Crippen LogP contribution in [0.15, 0.2) is 18.2 Å². The van der Waals surface area contributed by atoms with Gasteiger partial charge in [-0.15, -0.1) is 0 Å². The Morgan fingerprint density at radius 3 is 2.67 bits per heavy atom. The SMILES string of the molecule is CCN1CCC(c2ccc(-c3nc4nc(N)nc(N)c4[nH]3)c(OC)c2)CC1. The van der Waals surface area contributed by atoms with Gasteiger partial charge in [0.25, 0.3) is 0 Å². The van der Waals surface area contributed by atoms with E-state index in [0.29, 0.717) is 22.9 Å². The van der Waals surface area contributed by atoms with Crippen molar-refractivity contribution in [2.75, 3.05) is 38.2 Å². The van der Waals surface area contributed by atoms with Gasteiger partial charge in [-0.2, -0.15) is 9.97 Å². The molecule has 5 N–H and O–H groups in total. The zero-order valence-corrected chi connectivity index (χ0v) is 15.7. The number of benzene rings is 1. The number of likely N-dealkylation sites (tertiary alicyclic amines) is 1. The number of ether oxygens (including phenoxy) is 1. The Balaban J connectivity index is 1.67. The first kappa shape index (κ1) is 17.5. The first-order valence-electron chi connectivity index (χ1n) is 9.28. The smallest absolute Gasteiger partial charge is 0.224 e. The summed E-state index contributed by atoms with van der Waals surface area (Å²) in [6.45, 7) is 5.64. The van der Waals surface area contributed by atoms with E-state index in [1.807, 2.05) is 6.07 Å². The van der Waals surface area contributed by atoms with Crippen molar-refractivity contribution in [2.45, 2.75) is 25.7 Å². The van der Waals surface area contributed by atoms with Crippen molar-refractivity contribution in [1.29, 1.82) is 0 Å². The number of fused-ring (bicyclic) bond motifs is 1. The van der Waals surface area contributed by atoms with Crippen LogP contribution >= 0.6 is 0 Å². The molecule has 4 rings (SSSR count). The fourth-order valence-electron chi connectivity index (χ4n) is 3.80. The average molecular weight is 367 g/mol. The minimum absolute atomic E-state index is 0.110. The highest BCUT2D eigenvalue weighted by Gasteiger charge is 2.21. The third-order valence-electron chi connectivity index (χ3n) is 5.38. The van der Waals surface area contributed by atoms with Crippen molar-refractivity contribution in [3.63, 3.8) is 0 Å². The van der Waals surface area contributed by atoms with Gasteiger partial charge in [-0.05, 0) is 56.1 Å². The summed E-state index contributed by atoms with van der Waals surface area (Å²) < 4.78 is 5.66. The second-order valence-electron chi connectivity index (χ2n) is 6.92. The van der Waals surface area contributed by atoms with E-state index in [1.54, 1.807) is 7.11 Å². The first-order chi connectivity index (χ1) is 13.1.